The smallest absolute Gasteiger partial charge is 0.124 e. The van der Waals surface area contributed by atoms with E-state index < -0.39 is 0 Å². The van der Waals surface area contributed by atoms with Crippen molar-refractivity contribution in [1.82, 2.24) is 0 Å². The number of hydrogen-bond acceptors (Lipinski definition) is 4. The van der Waals surface area contributed by atoms with Crippen molar-refractivity contribution in [3.8, 4) is 17.2 Å². The van der Waals surface area contributed by atoms with Crippen LogP contribution in [0.3, 0.4) is 0 Å². The van der Waals surface area contributed by atoms with Gasteiger partial charge in [-0.15, -0.1) is 0 Å². The van der Waals surface area contributed by atoms with Crippen LogP contribution in [0.4, 0.5) is 0 Å². The summed E-state index contributed by atoms with van der Waals surface area (Å²) < 4.78 is 16.1. The molecule has 0 spiro atoms. The molecule has 0 aliphatic carbocycles. The summed E-state index contributed by atoms with van der Waals surface area (Å²) in [5, 5.41) is 0. The van der Waals surface area contributed by atoms with E-state index in [9.17, 15) is 0 Å². The molecule has 0 bridgehead atoms. The van der Waals surface area contributed by atoms with Gasteiger partial charge in [0.2, 0.25) is 0 Å². The number of ether oxygens (including phenoxy) is 3. The minimum atomic E-state index is -0.356. The lowest BCUT2D eigenvalue weighted by atomic mass is 9.96. The molecular formula is C17H21NO3. The van der Waals surface area contributed by atoms with E-state index in [0.717, 1.165) is 33.9 Å². The van der Waals surface area contributed by atoms with E-state index in [-0.39, 0.29) is 6.04 Å². The van der Waals surface area contributed by atoms with E-state index in [2.05, 4.69) is 0 Å². The van der Waals surface area contributed by atoms with Crippen molar-refractivity contribution in [3.05, 3.63) is 53.1 Å². The monoisotopic (exact) mass is 287 g/mol. The second-order valence-corrected chi connectivity index (χ2v) is 4.83. The lowest BCUT2D eigenvalue weighted by Gasteiger charge is -2.19. The minimum Gasteiger partial charge on any atom is -0.497 e. The Morgan fingerprint density at radius 3 is 2.14 bits per heavy atom. The van der Waals surface area contributed by atoms with Gasteiger partial charge in [-0.2, -0.15) is 0 Å². The SMILES string of the molecule is COc1ccc(OC)c(C(N)c2ccc(C)cc2OC)c1. The molecule has 0 aliphatic heterocycles. The van der Waals surface area contributed by atoms with Crippen molar-refractivity contribution >= 4 is 0 Å². The molecular weight excluding hydrogens is 266 g/mol. The molecule has 4 heteroatoms. The van der Waals surface area contributed by atoms with Crippen LogP contribution in [-0.4, -0.2) is 21.3 Å². The minimum absolute atomic E-state index is 0.356. The molecule has 0 fully saturated rings. The fraction of sp³-hybridized carbons (Fsp3) is 0.294. The molecule has 2 aromatic rings. The molecule has 2 aromatic carbocycles. The van der Waals surface area contributed by atoms with Crippen molar-refractivity contribution in [2.45, 2.75) is 13.0 Å². The fourth-order valence-electron chi connectivity index (χ4n) is 2.33. The normalized spacial score (nSPS) is 11.9. The van der Waals surface area contributed by atoms with Gasteiger partial charge in [0, 0.05) is 11.1 Å². The van der Waals surface area contributed by atoms with E-state index in [1.54, 1.807) is 21.3 Å². The maximum Gasteiger partial charge on any atom is 0.124 e. The first-order chi connectivity index (χ1) is 10.1. The number of hydrogen-bond donors (Lipinski definition) is 1. The van der Waals surface area contributed by atoms with Crippen LogP contribution >= 0.6 is 0 Å². The zero-order valence-corrected chi connectivity index (χ0v) is 12.8. The van der Waals surface area contributed by atoms with Crippen LogP contribution < -0.4 is 19.9 Å². The van der Waals surface area contributed by atoms with Crippen LogP contribution in [0.15, 0.2) is 36.4 Å². The molecule has 2 N–H and O–H groups in total. The summed E-state index contributed by atoms with van der Waals surface area (Å²) in [6, 6.07) is 11.2. The van der Waals surface area contributed by atoms with Crippen molar-refractivity contribution in [2.24, 2.45) is 5.73 Å². The van der Waals surface area contributed by atoms with Gasteiger partial charge in [-0.05, 0) is 36.8 Å². The van der Waals surface area contributed by atoms with Gasteiger partial charge in [-0.1, -0.05) is 12.1 Å². The molecule has 0 aliphatic rings. The maximum atomic E-state index is 6.43. The van der Waals surface area contributed by atoms with E-state index in [0.29, 0.717) is 0 Å². The summed E-state index contributed by atoms with van der Waals surface area (Å²) >= 11 is 0. The van der Waals surface area contributed by atoms with Crippen LogP contribution in [0, 0.1) is 6.92 Å². The lowest BCUT2D eigenvalue weighted by Crippen LogP contribution is -2.14. The van der Waals surface area contributed by atoms with Gasteiger partial charge < -0.3 is 19.9 Å². The molecule has 1 unspecified atom stereocenters. The van der Waals surface area contributed by atoms with Crippen LogP contribution in [-0.2, 0) is 0 Å². The first kappa shape index (κ1) is 15.2. The highest BCUT2D eigenvalue weighted by atomic mass is 16.5. The highest BCUT2D eigenvalue weighted by molar-refractivity contribution is 5.49. The topological polar surface area (TPSA) is 53.7 Å². The molecule has 0 aromatic heterocycles. The van der Waals surface area contributed by atoms with Gasteiger partial charge in [0.05, 0.1) is 27.4 Å². The molecule has 0 saturated heterocycles. The molecule has 0 saturated carbocycles. The molecule has 0 heterocycles. The Hall–Kier alpha value is -2.20. The van der Waals surface area contributed by atoms with Gasteiger partial charge in [-0.25, -0.2) is 0 Å². The van der Waals surface area contributed by atoms with Gasteiger partial charge in [0.15, 0.2) is 0 Å². The van der Waals surface area contributed by atoms with E-state index in [1.165, 1.54) is 0 Å². The van der Waals surface area contributed by atoms with Crippen molar-refractivity contribution in [3.63, 3.8) is 0 Å². The molecule has 21 heavy (non-hydrogen) atoms. The Morgan fingerprint density at radius 1 is 0.810 bits per heavy atom. The summed E-state index contributed by atoms with van der Waals surface area (Å²) in [6.07, 6.45) is 0. The number of aryl methyl sites for hydroxylation is 1. The molecule has 0 amide bonds. The van der Waals surface area contributed by atoms with Gasteiger partial charge in [-0.3, -0.25) is 0 Å². The number of nitrogens with two attached hydrogens (primary N) is 1. The molecule has 4 nitrogen and oxygen atoms in total. The first-order valence-electron chi connectivity index (χ1n) is 6.72. The van der Waals surface area contributed by atoms with Crippen molar-refractivity contribution in [1.29, 1.82) is 0 Å². The largest absolute Gasteiger partial charge is 0.497 e. The zero-order valence-electron chi connectivity index (χ0n) is 12.8. The Bertz CT molecular complexity index is 625. The van der Waals surface area contributed by atoms with Crippen LogP contribution in [0.25, 0.3) is 0 Å². The summed E-state index contributed by atoms with van der Waals surface area (Å²) in [4.78, 5) is 0. The Labute approximate surface area is 125 Å². The Morgan fingerprint density at radius 2 is 1.52 bits per heavy atom. The molecule has 112 valence electrons. The van der Waals surface area contributed by atoms with Gasteiger partial charge >= 0.3 is 0 Å². The quantitative estimate of drug-likeness (QED) is 0.918. The fourth-order valence-corrected chi connectivity index (χ4v) is 2.33. The molecule has 2 rings (SSSR count). The third-order valence-corrected chi connectivity index (χ3v) is 3.50. The van der Waals surface area contributed by atoms with Crippen LogP contribution in [0.2, 0.25) is 0 Å². The Kier molecular flexibility index (Phi) is 4.70. The van der Waals surface area contributed by atoms with Crippen molar-refractivity contribution < 1.29 is 14.2 Å². The number of rotatable bonds is 5. The van der Waals surface area contributed by atoms with E-state index in [4.69, 9.17) is 19.9 Å². The second-order valence-electron chi connectivity index (χ2n) is 4.83. The van der Waals surface area contributed by atoms with Crippen molar-refractivity contribution in [2.75, 3.05) is 21.3 Å². The number of benzene rings is 2. The second kappa shape index (κ2) is 6.50. The summed E-state index contributed by atoms with van der Waals surface area (Å²) in [5.74, 6) is 2.24. The highest BCUT2D eigenvalue weighted by Gasteiger charge is 2.18. The van der Waals surface area contributed by atoms with E-state index >= 15 is 0 Å². The zero-order chi connectivity index (χ0) is 15.4. The van der Waals surface area contributed by atoms with Crippen LogP contribution in [0.1, 0.15) is 22.7 Å². The molecule has 0 radical (unpaired) electrons. The predicted octanol–water partition coefficient (Wildman–Crippen LogP) is 3.07. The summed E-state index contributed by atoms with van der Waals surface area (Å²) in [6.45, 7) is 2.02. The van der Waals surface area contributed by atoms with Gasteiger partial charge in [0.25, 0.3) is 0 Å². The third kappa shape index (κ3) is 3.11. The highest BCUT2D eigenvalue weighted by Crippen LogP contribution is 2.35. The standard InChI is InChI=1S/C17H21NO3/c1-11-5-7-13(16(9-11)21-4)17(18)14-10-12(19-2)6-8-15(14)20-3/h5-10,17H,18H2,1-4H3. The maximum absolute atomic E-state index is 6.43. The lowest BCUT2D eigenvalue weighted by molar-refractivity contribution is 0.393. The van der Waals surface area contributed by atoms with Gasteiger partial charge in [0.1, 0.15) is 17.2 Å². The Balaban J connectivity index is 2.50. The molecule has 1 atom stereocenters. The average Bonchev–Trinajstić information content (AvgIpc) is 2.53. The average molecular weight is 287 g/mol. The summed E-state index contributed by atoms with van der Waals surface area (Å²) in [5.41, 5.74) is 9.32. The summed E-state index contributed by atoms with van der Waals surface area (Å²) in [7, 11) is 4.90. The van der Waals surface area contributed by atoms with E-state index in [1.807, 2.05) is 43.3 Å². The van der Waals surface area contributed by atoms with Crippen LogP contribution in [0.5, 0.6) is 17.2 Å². The number of methoxy groups -OCH3 is 3. The third-order valence-electron chi connectivity index (χ3n) is 3.50. The first-order valence-corrected chi connectivity index (χ1v) is 6.72. The predicted molar refractivity (Wildman–Crippen MR) is 83.3 cm³/mol.